The molecule has 0 heterocycles. The van der Waals surface area contributed by atoms with Crippen LogP contribution in [-0.4, -0.2) is 42.7 Å². The molecule has 0 spiro atoms. The van der Waals surface area contributed by atoms with E-state index in [-0.39, 0.29) is 32.0 Å². The van der Waals surface area contributed by atoms with Crippen molar-refractivity contribution in [2.24, 2.45) is 0 Å². The van der Waals surface area contributed by atoms with E-state index in [0.29, 0.717) is 0 Å². The van der Waals surface area contributed by atoms with Gasteiger partial charge in [-0.2, -0.15) is 0 Å². The third-order valence-electron chi connectivity index (χ3n) is 1.72. The van der Waals surface area contributed by atoms with Crippen molar-refractivity contribution < 1.29 is 23.9 Å². The molecule has 0 rings (SSSR count). The minimum Gasteiger partial charge on any atom is -0.449 e. The predicted octanol–water partition coefficient (Wildman–Crippen LogP) is 1.09. The van der Waals surface area contributed by atoms with E-state index < -0.39 is 12.2 Å². The molecule has 0 unspecified atom stereocenters. The highest BCUT2D eigenvalue weighted by atomic mass is 16.6. The molecule has 0 aliphatic heterocycles. The Morgan fingerprint density at radius 3 is 2.12 bits per heavy atom. The van der Waals surface area contributed by atoms with Crippen molar-refractivity contribution in [2.45, 2.75) is 27.2 Å². The van der Waals surface area contributed by atoms with Crippen LogP contribution >= 0.6 is 0 Å². The molecular weight excluding hydrogens is 228 g/mol. The topological polar surface area (TPSA) is 84.9 Å². The Bertz CT molecular complexity index is 280. The molecule has 0 saturated carbocycles. The molecule has 0 aliphatic rings. The van der Waals surface area contributed by atoms with E-state index in [9.17, 15) is 14.4 Å². The van der Waals surface area contributed by atoms with Crippen LogP contribution in [-0.2, 0) is 14.3 Å². The molecule has 0 aromatic rings. The zero-order valence-electron chi connectivity index (χ0n) is 10.3. The average molecular weight is 246 g/mol. The van der Waals surface area contributed by atoms with Crippen LogP contribution in [0.2, 0.25) is 0 Å². The van der Waals surface area contributed by atoms with Gasteiger partial charge in [-0.05, 0) is 13.8 Å². The second-order valence-electron chi connectivity index (χ2n) is 3.01. The van der Waals surface area contributed by atoms with Crippen LogP contribution in [0.15, 0.2) is 0 Å². The lowest BCUT2D eigenvalue weighted by Crippen LogP contribution is -2.49. The summed E-state index contributed by atoms with van der Waals surface area (Å²) in [6, 6.07) is 0. The number of nitrogens with one attached hydrogen (secondary N) is 1. The summed E-state index contributed by atoms with van der Waals surface area (Å²) >= 11 is 0. The van der Waals surface area contributed by atoms with Gasteiger partial charge >= 0.3 is 12.2 Å². The first-order chi connectivity index (χ1) is 8.04. The number of Topliss-reactive ketones (excluding diaryl/α,β-unsaturated/α-hetero) is 1. The van der Waals surface area contributed by atoms with Crippen molar-refractivity contribution >= 4 is 18.0 Å². The Morgan fingerprint density at radius 2 is 1.65 bits per heavy atom. The maximum absolute atomic E-state index is 11.4. The molecule has 2 amide bonds. The van der Waals surface area contributed by atoms with Crippen LogP contribution < -0.4 is 5.43 Å². The highest BCUT2D eigenvalue weighted by Crippen LogP contribution is 1.94. The molecule has 98 valence electrons. The maximum atomic E-state index is 11.4. The zero-order chi connectivity index (χ0) is 13.3. The number of ether oxygens (including phenoxy) is 2. The summed E-state index contributed by atoms with van der Waals surface area (Å²) < 4.78 is 9.30. The Morgan fingerprint density at radius 1 is 1.06 bits per heavy atom. The van der Waals surface area contributed by atoms with E-state index in [1.807, 2.05) is 0 Å². The molecule has 0 aliphatic carbocycles. The van der Waals surface area contributed by atoms with Gasteiger partial charge in [-0.1, -0.05) is 6.92 Å². The lowest BCUT2D eigenvalue weighted by atomic mass is 10.3. The van der Waals surface area contributed by atoms with Gasteiger partial charge in [0.25, 0.3) is 0 Å². The minimum atomic E-state index is -0.801. The van der Waals surface area contributed by atoms with E-state index >= 15 is 0 Å². The van der Waals surface area contributed by atoms with Gasteiger partial charge in [0.1, 0.15) is 6.54 Å². The summed E-state index contributed by atoms with van der Waals surface area (Å²) in [6.07, 6.45) is -1.33. The normalized spacial score (nSPS) is 9.35. The summed E-state index contributed by atoms with van der Waals surface area (Å²) in [4.78, 5) is 33.8. The van der Waals surface area contributed by atoms with Crippen LogP contribution in [0.4, 0.5) is 9.59 Å². The monoisotopic (exact) mass is 246 g/mol. The molecule has 0 fully saturated rings. The molecule has 17 heavy (non-hydrogen) atoms. The summed E-state index contributed by atoms with van der Waals surface area (Å²) in [5.41, 5.74) is 2.14. The van der Waals surface area contributed by atoms with Crippen molar-refractivity contribution in [1.29, 1.82) is 0 Å². The molecule has 7 heteroatoms. The number of hydrazine groups is 1. The Labute approximate surface area is 100 Å². The van der Waals surface area contributed by atoms with Crippen molar-refractivity contribution in [3.05, 3.63) is 0 Å². The molecule has 7 nitrogen and oxygen atoms in total. The fourth-order valence-corrected chi connectivity index (χ4v) is 0.913. The maximum Gasteiger partial charge on any atom is 0.429 e. The fourth-order valence-electron chi connectivity index (χ4n) is 0.913. The second kappa shape index (κ2) is 8.37. The highest BCUT2D eigenvalue weighted by Gasteiger charge is 2.20. The average Bonchev–Trinajstić information content (AvgIpc) is 2.28. The molecule has 0 bridgehead atoms. The van der Waals surface area contributed by atoms with Crippen LogP contribution in [0.1, 0.15) is 27.2 Å². The van der Waals surface area contributed by atoms with E-state index in [0.717, 1.165) is 5.01 Å². The predicted molar refractivity (Wildman–Crippen MR) is 59.2 cm³/mol. The molecule has 0 saturated heterocycles. The molecular formula is C10H18N2O5. The summed E-state index contributed by atoms with van der Waals surface area (Å²) in [5.74, 6) is -0.199. The molecule has 0 radical (unpaired) electrons. The first kappa shape index (κ1) is 15.2. The molecule has 0 aromatic heterocycles. The quantitative estimate of drug-likeness (QED) is 0.734. The third-order valence-corrected chi connectivity index (χ3v) is 1.72. The number of hydrogen-bond acceptors (Lipinski definition) is 5. The lowest BCUT2D eigenvalue weighted by molar-refractivity contribution is -0.120. The van der Waals surface area contributed by atoms with Gasteiger partial charge in [0.15, 0.2) is 5.78 Å². The largest absolute Gasteiger partial charge is 0.449 e. The van der Waals surface area contributed by atoms with Gasteiger partial charge in [0.2, 0.25) is 0 Å². The zero-order valence-corrected chi connectivity index (χ0v) is 10.3. The van der Waals surface area contributed by atoms with Crippen molar-refractivity contribution in [2.75, 3.05) is 19.8 Å². The fraction of sp³-hybridized carbons (Fsp3) is 0.700. The van der Waals surface area contributed by atoms with Crippen molar-refractivity contribution in [3.8, 4) is 0 Å². The SMILES string of the molecule is CCOC(=O)NN(CC(=O)CC)C(=O)OCC. The standard InChI is InChI=1S/C10H18N2O5/c1-4-8(13)7-12(10(15)17-6-3)11-9(14)16-5-2/h4-7H2,1-3H3,(H,11,14). The van der Waals surface area contributed by atoms with Gasteiger partial charge in [-0.15, -0.1) is 0 Å². The van der Waals surface area contributed by atoms with Gasteiger partial charge in [-0.3, -0.25) is 4.79 Å². The van der Waals surface area contributed by atoms with Crippen LogP contribution in [0, 0.1) is 0 Å². The lowest BCUT2D eigenvalue weighted by Gasteiger charge is -2.20. The number of ketones is 1. The summed E-state index contributed by atoms with van der Waals surface area (Å²) in [6.45, 7) is 5.00. The molecule has 0 aromatic carbocycles. The Balaban J connectivity index is 4.44. The third kappa shape index (κ3) is 6.39. The Kier molecular flexibility index (Phi) is 7.49. The number of carbonyl (C=O) groups is 3. The molecule has 1 N–H and O–H groups in total. The van der Waals surface area contributed by atoms with Crippen molar-refractivity contribution in [3.63, 3.8) is 0 Å². The Hall–Kier alpha value is -1.79. The number of amides is 2. The number of nitrogens with zero attached hydrogens (tertiary/aromatic N) is 1. The number of hydrogen-bond donors (Lipinski definition) is 1. The van der Waals surface area contributed by atoms with Crippen LogP contribution in [0.3, 0.4) is 0 Å². The minimum absolute atomic E-state index is 0.153. The smallest absolute Gasteiger partial charge is 0.429 e. The second-order valence-corrected chi connectivity index (χ2v) is 3.01. The summed E-state index contributed by atoms with van der Waals surface area (Å²) in [7, 11) is 0. The highest BCUT2D eigenvalue weighted by molar-refractivity contribution is 5.84. The summed E-state index contributed by atoms with van der Waals surface area (Å²) in [5, 5.41) is 0.799. The van der Waals surface area contributed by atoms with Crippen LogP contribution in [0.25, 0.3) is 0 Å². The van der Waals surface area contributed by atoms with Gasteiger partial charge in [0.05, 0.1) is 13.2 Å². The number of rotatable bonds is 5. The molecule has 0 atom stereocenters. The van der Waals surface area contributed by atoms with E-state index in [1.165, 1.54) is 0 Å². The van der Waals surface area contributed by atoms with Gasteiger partial charge < -0.3 is 9.47 Å². The van der Waals surface area contributed by atoms with Crippen molar-refractivity contribution in [1.82, 2.24) is 10.4 Å². The van der Waals surface area contributed by atoms with Gasteiger partial charge in [0, 0.05) is 6.42 Å². The number of carbonyl (C=O) groups excluding carboxylic acids is 3. The van der Waals surface area contributed by atoms with E-state index in [2.05, 4.69) is 10.2 Å². The van der Waals surface area contributed by atoms with E-state index in [4.69, 9.17) is 4.74 Å². The first-order valence-electron chi connectivity index (χ1n) is 5.44. The van der Waals surface area contributed by atoms with Gasteiger partial charge in [-0.25, -0.2) is 20.0 Å². The van der Waals surface area contributed by atoms with Crippen LogP contribution in [0.5, 0.6) is 0 Å². The first-order valence-corrected chi connectivity index (χ1v) is 5.44. The van der Waals surface area contributed by atoms with E-state index in [1.54, 1.807) is 20.8 Å².